The van der Waals surface area contributed by atoms with E-state index in [0.29, 0.717) is 25.9 Å². The first kappa shape index (κ1) is 19.8. The van der Waals surface area contributed by atoms with Gasteiger partial charge >= 0.3 is 5.97 Å². The summed E-state index contributed by atoms with van der Waals surface area (Å²) in [4.78, 5) is 38.1. The van der Waals surface area contributed by atoms with Gasteiger partial charge in [0.25, 0.3) is 0 Å². The summed E-state index contributed by atoms with van der Waals surface area (Å²) < 4.78 is 26.7. The Morgan fingerprint density at radius 1 is 1.23 bits per heavy atom. The van der Waals surface area contributed by atoms with E-state index in [-0.39, 0.29) is 36.8 Å². The largest absolute Gasteiger partial charge is 0.481 e. The van der Waals surface area contributed by atoms with Gasteiger partial charge in [-0.05, 0) is 43.0 Å². The van der Waals surface area contributed by atoms with Crippen LogP contribution in [0.15, 0.2) is 18.2 Å². The highest BCUT2D eigenvalue weighted by atomic mass is 19.1. The van der Waals surface area contributed by atoms with Crippen LogP contribution in [0.5, 0.6) is 0 Å². The third-order valence-electron chi connectivity index (χ3n) is 4.61. The average molecular weight is 368 g/mol. The lowest BCUT2D eigenvalue weighted by Gasteiger charge is -2.31. The van der Waals surface area contributed by atoms with E-state index in [2.05, 4.69) is 0 Å². The van der Waals surface area contributed by atoms with Gasteiger partial charge in [-0.15, -0.1) is 0 Å². The minimum Gasteiger partial charge on any atom is -0.481 e. The Balaban J connectivity index is 1.80. The van der Waals surface area contributed by atoms with Gasteiger partial charge in [-0.1, -0.05) is 0 Å². The number of piperidine rings is 1. The zero-order valence-corrected chi connectivity index (χ0v) is 14.6. The Hall–Kier alpha value is -2.51. The molecule has 0 aromatic heterocycles. The van der Waals surface area contributed by atoms with Crippen molar-refractivity contribution >= 4 is 17.8 Å². The fourth-order valence-electron chi connectivity index (χ4n) is 2.93. The summed E-state index contributed by atoms with van der Waals surface area (Å²) in [7, 11) is 1.48. The quantitative estimate of drug-likeness (QED) is 0.829. The number of aliphatic carboxylic acids is 1. The number of carbonyl (C=O) groups is 3. The number of amides is 2. The molecule has 1 aromatic carbocycles. The van der Waals surface area contributed by atoms with Crippen LogP contribution in [-0.4, -0.2) is 59.4 Å². The molecule has 26 heavy (non-hydrogen) atoms. The standard InChI is InChI=1S/C18H22F2N2O4/c1-21(11-17(24)22-8-6-12(7-9-22)18(25)26)16(23)5-2-13-10-14(19)3-4-15(13)20/h3-4,10,12H,2,5-9,11H2,1H3,(H,25,26). The lowest BCUT2D eigenvalue weighted by Crippen LogP contribution is -2.45. The summed E-state index contributed by atoms with van der Waals surface area (Å²) in [6, 6.07) is 3.09. The molecule has 1 aromatic rings. The normalized spacial score (nSPS) is 15.0. The van der Waals surface area contributed by atoms with Gasteiger partial charge in [0.2, 0.25) is 11.8 Å². The molecular weight excluding hydrogens is 346 g/mol. The number of likely N-dealkylation sites (N-methyl/N-ethyl adjacent to an activating group) is 1. The number of carboxylic acids is 1. The van der Waals surface area contributed by atoms with Crippen molar-refractivity contribution in [3.05, 3.63) is 35.4 Å². The molecule has 0 saturated carbocycles. The fraction of sp³-hybridized carbons (Fsp3) is 0.500. The van der Waals surface area contributed by atoms with Crippen LogP contribution in [0.4, 0.5) is 8.78 Å². The number of rotatable bonds is 6. The molecule has 1 heterocycles. The predicted molar refractivity (Wildman–Crippen MR) is 89.3 cm³/mol. The van der Waals surface area contributed by atoms with E-state index in [4.69, 9.17) is 5.11 Å². The van der Waals surface area contributed by atoms with Crippen LogP contribution in [0.2, 0.25) is 0 Å². The second-order valence-electron chi connectivity index (χ2n) is 6.48. The summed E-state index contributed by atoms with van der Waals surface area (Å²) in [6.45, 7) is 0.584. The van der Waals surface area contributed by atoms with Gasteiger partial charge in [0, 0.05) is 26.6 Å². The van der Waals surface area contributed by atoms with E-state index in [1.807, 2.05) is 0 Å². The lowest BCUT2D eigenvalue weighted by atomic mass is 9.97. The molecule has 0 bridgehead atoms. The van der Waals surface area contributed by atoms with Gasteiger partial charge in [0.05, 0.1) is 12.5 Å². The van der Waals surface area contributed by atoms with E-state index >= 15 is 0 Å². The predicted octanol–water partition coefficient (Wildman–Crippen LogP) is 1.68. The van der Waals surface area contributed by atoms with Crippen molar-refractivity contribution in [1.29, 1.82) is 0 Å². The van der Waals surface area contributed by atoms with Crippen LogP contribution in [-0.2, 0) is 20.8 Å². The number of benzene rings is 1. The maximum atomic E-state index is 13.6. The molecular formula is C18H22F2N2O4. The summed E-state index contributed by atoms with van der Waals surface area (Å²) >= 11 is 0. The topological polar surface area (TPSA) is 77.9 Å². The number of nitrogens with zero attached hydrogens (tertiary/aromatic N) is 2. The lowest BCUT2D eigenvalue weighted by molar-refractivity contribution is -0.146. The molecule has 1 N–H and O–H groups in total. The van der Waals surface area contributed by atoms with E-state index in [1.54, 1.807) is 4.90 Å². The highest BCUT2D eigenvalue weighted by Crippen LogP contribution is 2.17. The van der Waals surface area contributed by atoms with Crippen LogP contribution in [0, 0.1) is 17.6 Å². The molecule has 1 saturated heterocycles. The van der Waals surface area contributed by atoms with Crippen molar-refractivity contribution in [3.63, 3.8) is 0 Å². The Bertz CT molecular complexity index is 688. The third-order valence-corrected chi connectivity index (χ3v) is 4.61. The molecule has 1 aliphatic rings. The second kappa shape index (κ2) is 8.73. The maximum absolute atomic E-state index is 13.6. The summed E-state index contributed by atoms with van der Waals surface area (Å²) in [5.74, 6) is -3.01. The number of hydrogen-bond donors (Lipinski definition) is 1. The Morgan fingerprint density at radius 2 is 1.88 bits per heavy atom. The molecule has 0 radical (unpaired) electrons. The molecule has 1 fully saturated rings. The van der Waals surface area contributed by atoms with Gasteiger partial charge < -0.3 is 14.9 Å². The Kier molecular flexibility index (Phi) is 6.65. The molecule has 0 aliphatic carbocycles. The molecule has 0 atom stereocenters. The molecule has 142 valence electrons. The van der Waals surface area contributed by atoms with Crippen LogP contribution in [0.1, 0.15) is 24.8 Å². The first-order valence-corrected chi connectivity index (χ1v) is 8.46. The molecule has 0 unspecified atom stereocenters. The van der Waals surface area contributed by atoms with Gasteiger partial charge in [-0.25, -0.2) is 8.78 Å². The molecule has 0 spiro atoms. The average Bonchev–Trinajstić information content (AvgIpc) is 2.62. The number of carboxylic acid groups (broad SMARTS) is 1. The first-order chi connectivity index (χ1) is 12.3. The third kappa shape index (κ3) is 5.24. The van der Waals surface area contributed by atoms with Crippen molar-refractivity contribution in [3.8, 4) is 0 Å². The van der Waals surface area contributed by atoms with Crippen molar-refractivity contribution < 1.29 is 28.3 Å². The van der Waals surface area contributed by atoms with Crippen LogP contribution >= 0.6 is 0 Å². The van der Waals surface area contributed by atoms with E-state index < -0.39 is 23.5 Å². The van der Waals surface area contributed by atoms with Crippen molar-refractivity contribution in [2.45, 2.75) is 25.7 Å². The molecule has 2 rings (SSSR count). The minimum atomic E-state index is -0.853. The SMILES string of the molecule is CN(CC(=O)N1CCC(C(=O)O)CC1)C(=O)CCc1cc(F)ccc1F. The van der Waals surface area contributed by atoms with Crippen LogP contribution < -0.4 is 0 Å². The minimum absolute atomic E-state index is 0.0365. The van der Waals surface area contributed by atoms with Crippen molar-refractivity contribution in [2.24, 2.45) is 5.92 Å². The second-order valence-corrected chi connectivity index (χ2v) is 6.48. The highest BCUT2D eigenvalue weighted by molar-refractivity contribution is 5.85. The monoisotopic (exact) mass is 368 g/mol. The summed E-state index contributed by atoms with van der Waals surface area (Å²) in [5, 5.41) is 8.96. The zero-order valence-electron chi connectivity index (χ0n) is 14.6. The molecule has 2 amide bonds. The maximum Gasteiger partial charge on any atom is 0.306 e. The Morgan fingerprint density at radius 3 is 2.50 bits per heavy atom. The number of aryl methyl sites for hydroxylation is 1. The van der Waals surface area contributed by atoms with E-state index in [9.17, 15) is 23.2 Å². The van der Waals surface area contributed by atoms with Gasteiger partial charge in [-0.3, -0.25) is 14.4 Å². The van der Waals surface area contributed by atoms with E-state index in [0.717, 1.165) is 18.2 Å². The number of halogens is 2. The molecule has 6 nitrogen and oxygen atoms in total. The smallest absolute Gasteiger partial charge is 0.306 e. The van der Waals surface area contributed by atoms with Crippen molar-refractivity contribution in [2.75, 3.05) is 26.7 Å². The van der Waals surface area contributed by atoms with Crippen LogP contribution in [0.25, 0.3) is 0 Å². The first-order valence-electron chi connectivity index (χ1n) is 8.46. The molecule has 1 aliphatic heterocycles. The summed E-state index contributed by atoms with van der Waals surface area (Å²) in [6.07, 6.45) is 0.811. The summed E-state index contributed by atoms with van der Waals surface area (Å²) in [5.41, 5.74) is 0.119. The Labute approximate surface area is 150 Å². The van der Waals surface area contributed by atoms with Crippen molar-refractivity contribution in [1.82, 2.24) is 9.80 Å². The molecule has 8 heteroatoms. The van der Waals surface area contributed by atoms with Gasteiger partial charge in [-0.2, -0.15) is 0 Å². The number of likely N-dealkylation sites (tertiary alicyclic amines) is 1. The zero-order chi connectivity index (χ0) is 19.3. The fourth-order valence-corrected chi connectivity index (χ4v) is 2.93. The van der Waals surface area contributed by atoms with Gasteiger partial charge in [0.1, 0.15) is 11.6 Å². The number of hydrogen-bond acceptors (Lipinski definition) is 3. The number of carbonyl (C=O) groups excluding carboxylic acids is 2. The van der Waals surface area contributed by atoms with Gasteiger partial charge in [0.15, 0.2) is 0 Å². The van der Waals surface area contributed by atoms with Crippen LogP contribution in [0.3, 0.4) is 0 Å². The highest BCUT2D eigenvalue weighted by Gasteiger charge is 2.27. The van der Waals surface area contributed by atoms with E-state index in [1.165, 1.54) is 11.9 Å².